The lowest BCUT2D eigenvalue weighted by molar-refractivity contribution is -0.125. The van der Waals surface area contributed by atoms with Gasteiger partial charge < -0.3 is 15.1 Å². The number of nitrogens with zero attached hydrogens (tertiary/aromatic N) is 1. The van der Waals surface area contributed by atoms with E-state index >= 15 is 0 Å². The first-order chi connectivity index (χ1) is 12.6. The molecule has 6 heteroatoms. The molecule has 0 radical (unpaired) electrons. The number of anilines is 1. The molecule has 2 fully saturated rings. The zero-order valence-corrected chi connectivity index (χ0v) is 17.5. The maximum atomic E-state index is 13.4. The van der Waals surface area contributed by atoms with Crippen LogP contribution in [0.3, 0.4) is 0 Å². The van der Waals surface area contributed by atoms with E-state index in [2.05, 4.69) is 27.7 Å². The molecule has 1 heterocycles. The molecule has 2 saturated carbocycles. The van der Waals surface area contributed by atoms with E-state index in [0.29, 0.717) is 24.4 Å². The SMILES string of the molecule is CC1CCC(C(=O)N(c2cc(C(C)(C)C)sc2C(=O)O)C2CC(O)C2)CC1. The number of hydrogen-bond donors (Lipinski definition) is 2. The molecule has 0 aromatic carbocycles. The van der Waals surface area contributed by atoms with Gasteiger partial charge in [0.15, 0.2) is 0 Å². The van der Waals surface area contributed by atoms with Gasteiger partial charge in [-0.1, -0.05) is 27.7 Å². The molecule has 5 nitrogen and oxygen atoms in total. The summed E-state index contributed by atoms with van der Waals surface area (Å²) in [5.74, 6) is -0.338. The van der Waals surface area contributed by atoms with Crippen LogP contribution < -0.4 is 4.90 Å². The quantitative estimate of drug-likeness (QED) is 0.793. The molecule has 27 heavy (non-hydrogen) atoms. The fraction of sp³-hybridized carbons (Fsp3) is 0.714. The fourth-order valence-electron chi connectivity index (χ4n) is 4.05. The highest BCUT2D eigenvalue weighted by atomic mass is 32.1. The molecular formula is C21H31NO4S. The first-order valence-electron chi connectivity index (χ1n) is 9.96. The van der Waals surface area contributed by atoms with Crippen molar-refractivity contribution < 1.29 is 19.8 Å². The number of amides is 1. The van der Waals surface area contributed by atoms with E-state index in [9.17, 15) is 19.8 Å². The molecule has 0 bridgehead atoms. The molecule has 1 aromatic heterocycles. The highest BCUT2D eigenvalue weighted by Crippen LogP contribution is 2.42. The first kappa shape index (κ1) is 20.3. The minimum atomic E-state index is -0.986. The molecule has 2 aliphatic carbocycles. The molecule has 0 atom stereocenters. The maximum Gasteiger partial charge on any atom is 0.348 e. The molecule has 0 aliphatic heterocycles. The van der Waals surface area contributed by atoms with Gasteiger partial charge in [-0.05, 0) is 55.9 Å². The summed E-state index contributed by atoms with van der Waals surface area (Å²) in [7, 11) is 0. The van der Waals surface area contributed by atoms with Crippen LogP contribution in [0.5, 0.6) is 0 Å². The number of aromatic carboxylic acids is 1. The Morgan fingerprint density at radius 1 is 1.15 bits per heavy atom. The maximum absolute atomic E-state index is 13.4. The molecule has 1 amide bonds. The van der Waals surface area contributed by atoms with Gasteiger partial charge in [-0.2, -0.15) is 0 Å². The van der Waals surface area contributed by atoms with Gasteiger partial charge in [-0.15, -0.1) is 11.3 Å². The molecule has 1 aromatic rings. The van der Waals surface area contributed by atoms with Gasteiger partial charge in [-0.3, -0.25) is 4.79 Å². The van der Waals surface area contributed by atoms with Crippen LogP contribution in [-0.2, 0) is 10.2 Å². The topological polar surface area (TPSA) is 77.8 Å². The van der Waals surface area contributed by atoms with Gasteiger partial charge in [0.1, 0.15) is 4.88 Å². The standard InChI is InChI=1S/C21H31NO4S/c1-12-5-7-13(8-6-12)19(24)22(14-9-15(23)10-14)16-11-17(21(2,3)4)27-18(16)20(25)26/h11-15,23H,5-10H2,1-4H3,(H,25,26). The predicted octanol–water partition coefficient (Wildman–Crippen LogP) is 4.43. The monoisotopic (exact) mass is 393 g/mol. The van der Waals surface area contributed by atoms with Gasteiger partial charge in [0.25, 0.3) is 0 Å². The fourth-order valence-corrected chi connectivity index (χ4v) is 5.10. The third-order valence-corrected chi connectivity index (χ3v) is 7.50. The molecule has 150 valence electrons. The lowest BCUT2D eigenvalue weighted by Gasteiger charge is -2.42. The highest BCUT2D eigenvalue weighted by molar-refractivity contribution is 7.14. The summed E-state index contributed by atoms with van der Waals surface area (Å²) in [4.78, 5) is 28.3. The van der Waals surface area contributed by atoms with Gasteiger partial charge >= 0.3 is 5.97 Å². The van der Waals surface area contributed by atoms with Crippen molar-refractivity contribution in [3.63, 3.8) is 0 Å². The number of rotatable bonds is 4. The Labute approximate surface area is 165 Å². The number of aliphatic hydroxyl groups excluding tert-OH is 1. The van der Waals surface area contributed by atoms with E-state index in [4.69, 9.17) is 0 Å². The molecule has 2 N–H and O–H groups in total. The summed E-state index contributed by atoms with van der Waals surface area (Å²) in [6.45, 7) is 8.37. The van der Waals surface area contributed by atoms with Crippen molar-refractivity contribution in [2.24, 2.45) is 11.8 Å². The number of aliphatic hydroxyl groups is 1. The third-order valence-electron chi connectivity index (χ3n) is 5.96. The van der Waals surface area contributed by atoms with Gasteiger partial charge in [-0.25, -0.2) is 4.79 Å². The van der Waals surface area contributed by atoms with Crippen molar-refractivity contribution >= 4 is 28.9 Å². The third kappa shape index (κ3) is 4.21. The summed E-state index contributed by atoms with van der Waals surface area (Å²) in [6, 6.07) is 1.79. The average molecular weight is 394 g/mol. The van der Waals surface area contributed by atoms with Crippen molar-refractivity contribution in [3.05, 3.63) is 15.8 Å². The van der Waals surface area contributed by atoms with Crippen molar-refractivity contribution in [2.45, 2.75) is 83.8 Å². The van der Waals surface area contributed by atoms with Crippen LogP contribution in [0.1, 0.15) is 80.8 Å². The minimum Gasteiger partial charge on any atom is -0.477 e. The largest absolute Gasteiger partial charge is 0.477 e. The Balaban J connectivity index is 1.97. The highest BCUT2D eigenvalue weighted by Gasteiger charge is 2.41. The summed E-state index contributed by atoms with van der Waals surface area (Å²) >= 11 is 1.26. The van der Waals surface area contributed by atoms with E-state index in [0.717, 1.165) is 30.6 Å². The second-order valence-corrected chi connectivity index (χ2v) is 10.4. The molecule has 0 unspecified atom stereocenters. The molecular weight excluding hydrogens is 362 g/mol. The Bertz CT molecular complexity index is 706. The normalized spacial score (nSPS) is 28.5. The van der Waals surface area contributed by atoms with E-state index in [1.165, 1.54) is 11.3 Å². The smallest absolute Gasteiger partial charge is 0.348 e. The first-order valence-corrected chi connectivity index (χ1v) is 10.8. The number of hydrogen-bond acceptors (Lipinski definition) is 4. The van der Waals surface area contributed by atoms with Crippen molar-refractivity contribution in [1.29, 1.82) is 0 Å². The summed E-state index contributed by atoms with van der Waals surface area (Å²) in [5.41, 5.74) is 0.347. The van der Waals surface area contributed by atoms with Crippen LogP contribution in [0.2, 0.25) is 0 Å². The molecule has 0 saturated heterocycles. The zero-order chi connectivity index (χ0) is 19.9. The predicted molar refractivity (Wildman–Crippen MR) is 108 cm³/mol. The van der Waals surface area contributed by atoms with Crippen molar-refractivity contribution in [3.8, 4) is 0 Å². The number of carbonyl (C=O) groups excluding carboxylic acids is 1. The van der Waals surface area contributed by atoms with E-state index in [1.54, 1.807) is 4.90 Å². The molecule has 3 rings (SSSR count). The Morgan fingerprint density at radius 2 is 1.74 bits per heavy atom. The summed E-state index contributed by atoms with van der Waals surface area (Å²) < 4.78 is 0. The Hall–Kier alpha value is -1.40. The van der Waals surface area contributed by atoms with Gasteiger partial charge in [0, 0.05) is 16.8 Å². The van der Waals surface area contributed by atoms with Gasteiger partial charge in [0.2, 0.25) is 5.91 Å². The Morgan fingerprint density at radius 3 is 2.22 bits per heavy atom. The van der Waals surface area contributed by atoms with E-state index in [-0.39, 0.29) is 28.2 Å². The van der Waals surface area contributed by atoms with Crippen LogP contribution in [-0.4, -0.2) is 34.2 Å². The van der Waals surface area contributed by atoms with Crippen molar-refractivity contribution in [1.82, 2.24) is 0 Å². The van der Waals surface area contributed by atoms with Crippen molar-refractivity contribution in [2.75, 3.05) is 4.90 Å². The number of thiophene rings is 1. The number of carboxylic acids is 1. The summed E-state index contributed by atoms with van der Waals surface area (Å²) in [6.07, 6.45) is 4.46. The van der Waals surface area contributed by atoms with Crippen LogP contribution >= 0.6 is 11.3 Å². The van der Waals surface area contributed by atoms with Gasteiger partial charge in [0.05, 0.1) is 11.8 Å². The van der Waals surface area contributed by atoms with Crippen LogP contribution in [0.4, 0.5) is 5.69 Å². The number of carbonyl (C=O) groups is 2. The lowest BCUT2D eigenvalue weighted by atomic mass is 9.80. The molecule has 0 spiro atoms. The second kappa shape index (κ2) is 7.55. The lowest BCUT2D eigenvalue weighted by Crippen LogP contribution is -2.52. The Kier molecular flexibility index (Phi) is 5.69. The minimum absolute atomic E-state index is 0.0413. The van der Waals surface area contributed by atoms with Crippen LogP contribution in [0.25, 0.3) is 0 Å². The van der Waals surface area contributed by atoms with E-state index in [1.807, 2.05) is 6.07 Å². The summed E-state index contributed by atoms with van der Waals surface area (Å²) in [5, 5.41) is 19.6. The number of carboxylic acid groups (broad SMARTS) is 1. The zero-order valence-electron chi connectivity index (χ0n) is 16.7. The average Bonchev–Trinajstić information content (AvgIpc) is 2.99. The second-order valence-electron chi connectivity index (χ2n) is 9.32. The van der Waals surface area contributed by atoms with Crippen LogP contribution in [0.15, 0.2) is 6.07 Å². The van der Waals surface area contributed by atoms with E-state index < -0.39 is 12.1 Å². The van der Waals surface area contributed by atoms with Crippen LogP contribution in [0, 0.1) is 11.8 Å². The molecule has 2 aliphatic rings.